The van der Waals surface area contributed by atoms with Gasteiger partial charge in [0.05, 0.1) is 24.9 Å². The highest BCUT2D eigenvalue weighted by Gasteiger charge is 2.35. The molecule has 22 heavy (non-hydrogen) atoms. The average Bonchev–Trinajstić information content (AvgIpc) is 2.52. The van der Waals surface area contributed by atoms with E-state index < -0.39 is 5.92 Å². The van der Waals surface area contributed by atoms with Crippen molar-refractivity contribution in [1.82, 2.24) is 0 Å². The lowest BCUT2D eigenvalue weighted by molar-refractivity contribution is -0.0722. The van der Waals surface area contributed by atoms with Crippen molar-refractivity contribution in [3.05, 3.63) is 0 Å². The molecule has 1 aliphatic carbocycles. The minimum absolute atomic E-state index is 0.0195. The molecule has 2 atom stereocenters. The van der Waals surface area contributed by atoms with Gasteiger partial charge in [-0.3, -0.25) is 0 Å². The van der Waals surface area contributed by atoms with Crippen molar-refractivity contribution >= 4 is 0 Å². The Balaban J connectivity index is 1.58. The van der Waals surface area contributed by atoms with Crippen molar-refractivity contribution < 1.29 is 23.0 Å². The number of ether oxygens (including phenoxy) is 3. The quantitative estimate of drug-likeness (QED) is 0.783. The second-order valence-electron chi connectivity index (χ2n) is 6.65. The maximum absolute atomic E-state index is 13.1. The van der Waals surface area contributed by atoms with E-state index in [1.165, 1.54) is 0 Å². The molecule has 4 nitrogen and oxygen atoms in total. The average molecular weight is 321 g/mol. The van der Waals surface area contributed by atoms with Crippen molar-refractivity contribution in [3.63, 3.8) is 0 Å². The number of halogens is 2. The number of rotatable bonds is 7. The maximum atomic E-state index is 13.1. The Hall–Kier alpha value is -0.300. The summed E-state index contributed by atoms with van der Waals surface area (Å²) in [5.41, 5.74) is 6.09. The van der Waals surface area contributed by atoms with E-state index in [2.05, 4.69) is 0 Å². The zero-order chi connectivity index (χ0) is 16.0. The lowest BCUT2D eigenvalue weighted by Gasteiger charge is -2.30. The Morgan fingerprint density at radius 2 is 1.82 bits per heavy atom. The van der Waals surface area contributed by atoms with E-state index in [9.17, 15) is 8.78 Å². The minimum Gasteiger partial charge on any atom is -0.381 e. The molecule has 130 valence electrons. The molecule has 0 radical (unpaired) electrons. The van der Waals surface area contributed by atoms with Crippen LogP contribution in [0.5, 0.6) is 0 Å². The molecular formula is C16H29F2NO3. The van der Waals surface area contributed by atoms with Gasteiger partial charge in [-0.05, 0) is 38.5 Å². The van der Waals surface area contributed by atoms with Crippen LogP contribution in [0.4, 0.5) is 8.78 Å². The fourth-order valence-corrected chi connectivity index (χ4v) is 2.90. The molecule has 0 aromatic rings. The first-order valence-corrected chi connectivity index (χ1v) is 8.40. The Morgan fingerprint density at radius 3 is 2.45 bits per heavy atom. The van der Waals surface area contributed by atoms with Gasteiger partial charge in [0.2, 0.25) is 5.92 Å². The molecule has 6 heteroatoms. The van der Waals surface area contributed by atoms with Gasteiger partial charge in [0.1, 0.15) is 0 Å². The molecule has 1 saturated carbocycles. The van der Waals surface area contributed by atoms with Crippen LogP contribution in [0, 0.1) is 5.92 Å². The van der Waals surface area contributed by atoms with Crippen LogP contribution in [0.3, 0.4) is 0 Å². The smallest absolute Gasteiger partial charge is 0.248 e. The molecule has 0 aromatic heterocycles. The summed E-state index contributed by atoms with van der Waals surface area (Å²) < 4.78 is 43.1. The summed E-state index contributed by atoms with van der Waals surface area (Å²) in [5, 5.41) is 0. The van der Waals surface area contributed by atoms with Gasteiger partial charge in [-0.2, -0.15) is 0 Å². The lowest BCUT2D eigenvalue weighted by atomic mass is 9.87. The van der Waals surface area contributed by atoms with E-state index in [1.807, 2.05) is 6.92 Å². The molecule has 2 rings (SSSR count). The van der Waals surface area contributed by atoms with Crippen LogP contribution in [-0.4, -0.2) is 50.6 Å². The summed E-state index contributed by atoms with van der Waals surface area (Å²) in [7, 11) is 0. The zero-order valence-corrected chi connectivity index (χ0v) is 13.4. The minimum atomic E-state index is -2.48. The van der Waals surface area contributed by atoms with Crippen LogP contribution in [0.2, 0.25) is 0 Å². The summed E-state index contributed by atoms with van der Waals surface area (Å²) in [4.78, 5) is 0. The Morgan fingerprint density at radius 1 is 1.18 bits per heavy atom. The number of hydrogen-bond acceptors (Lipinski definition) is 4. The molecule has 0 spiro atoms. The van der Waals surface area contributed by atoms with Gasteiger partial charge in [-0.1, -0.05) is 0 Å². The van der Waals surface area contributed by atoms with E-state index in [-0.39, 0.29) is 37.0 Å². The molecule has 0 unspecified atom stereocenters. The topological polar surface area (TPSA) is 53.7 Å². The Bertz CT molecular complexity index is 315. The van der Waals surface area contributed by atoms with Gasteiger partial charge in [0.25, 0.3) is 0 Å². The Labute approximate surface area is 131 Å². The highest BCUT2D eigenvalue weighted by atomic mass is 19.3. The third-order valence-corrected chi connectivity index (χ3v) is 4.73. The lowest BCUT2D eigenvalue weighted by Crippen LogP contribution is -2.41. The molecular weight excluding hydrogens is 292 g/mol. The number of hydrogen-bond donors (Lipinski definition) is 1. The van der Waals surface area contributed by atoms with Crippen LogP contribution in [0.1, 0.15) is 45.4 Å². The van der Waals surface area contributed by atoms with Gasteiger partial charge in [0.15, 0.2) is 0 Å². The third-order valence-electron chi connectivity index (χ3n) is 4.73. The SMILES string of the molecule is C[C@@H](OCC1CCC(F)(F)CC1)[C@H](N)COC1CCOCC1. The van der Waals surface area contributed by atoms with Gasteiger partial charge in [-0.25, -0.2) is 8.78 Å². The first kappa shape index (κ1) is 18.0. The fourth-order valence-electron chi connectivity index (χ4n) is 2.90. The van der Waals surface area contributed by atoms with Gasteiger partial charge < -0.3 is 19.9 Å². The van der Waals surface area contributed by atoms with Gasteiger partial charge in [0, 0.05) is 32.7 Å². The Kier molecular flexibility index (Phi) is 6.99. The van der Waals surface area contributed by atoms with Crippen molar-refractivity contribution in [2.24, 2.45) is 11.7 Å². The number of alkyl halides is 2. The highest BCUT2D eigenvalue weighted by molar-refractivity contribution is 4.78. The van der Waals surface area contributed by atoms with E-state index in [4.69, 9.17) is 19.9 Å². The normalized spacial score (nSPS) is 26.7. The highest BCUT2D eigenvalue weighted by Crippen LogP contribution is 2.36. The van der Waals surface area contributed by atoms with E-state index >= 15 is 0 Å². The second-order valence-corrected chi connectivity index (χ2v) is 6.65. The molecule has 2 N–H and O–H groups in total. The standard InChI is InChI=1S/C16H29F2NO3/c1-12(15(19)11-22-14-4-8-20-9-5-14)21-10-13-2-6-16(17,18)7-3-13/h12-15H,2-11,19H2,1H3/t12-,15-/m1/s1. The molecule has 1 heterocycles. The molecule has 2 aliphatic rings. The van der Waals surface area contributed by atoms with Crippen molar-refractivity contribution in [2.45, 2.75) is 69.6 Å². The predicted molar refractivity (Wildman–Crippen MR) is 80.1 cm³/mol. The van der Waals surface area contributed by atoms with Crippen LogP contribution >= 0.6 is 0 Å². The summed E-state index contributed by atoms with van der Waals surface area (Å²) in [5.74, 6) is -2.25. The van der Waals surface area contributed by atoms with Crippen molar-refractivity contribution in [2.75, 3.05) is 26.4 Å². The molecule has 0 amide bonds. The van der Waals surface area contributed by atoms with Crippen LogP contribution < -0.4 is 5.73 Å². The summed E-state index contributed by atoms with van der Waals surface area (Å²) >= 11 is 0. The summed E-state index contributed by atoms with van der Waals surface area (Å²) in [6.45, 7) is 4.41. The van der Waals surface area contributed by atoms with E-state index in [1.54, 1.807) is 0 Å². The van der Waals surface area contributed by atoms with Gasteiger partial charge in [-0.15, -0.1) is 0 Å². The van der Waals surface area contributed by atoms with Crippen LogP contribution in [0.15, 0.2) is 0 Å². The second kappa shape index (κ2) is 8.52. The molecule has 1 aliphatic heterocycles. The fraction of sp³-hybridized carbons (Fsp3) is 1.00. The van der Waals surface area contributed by atoms with Crippen molar-refractivity contribution in [3.8, 4) is 0 Å². The molecule has 0 aromatic carbocycles. The summed E-state index contributed by atoms with van der Waals surface area (Å²) in [6, 6.07) is -0.187. The van der Waals surface area contributed by atoms with Crippen molar-refractivity contribution in [1.29, 1.82) is 0 Å². The maximum Gasteiger partial charge on any atom is 0.248 e. The van der Waals surface area contributed by atoms with Crippen LogP contribution in [0.25, 0.3) is 0 Å². The van der Waals surface area contributed by atoms with Gasteiger partial charge >= 0.3 is 0 Å². The number of nitrogens with two attached hydrogens (primary N) is 1. The summed E-state index contributed by atoms with van der Waals surface area (Å²) in [6.07, 6.45) is 2.97. The largest absolute Gasteiger partial charge is 0.381 e. The molecule has 1 saturated heterocycles. The monoisotopic (exact) mass is 321 g/mol. The van der Waals surface area contributed by atoms with E-state index in [0.29, 0.717) is 26.1 Å². The van der Waals surface area contributed by atoms with E-state index in [0.717, 1.165) is 26.1 Å². The predicted octanol–water partition coefficient (Wildman–Crippen LogP) is 2.74. The molecule has 0 bridgehead atoms. The first-order valence-electron chi connectivity index (χ1n) is 8.40. The third kappa shape index (κ3) is 6.07. The molecule has 2 fully saturated rings. The zero-order valence-electron chi connectivity index (χ0n) is 13.4. The first-order chi connectivity index (χ1) is 10.5. The van der Waals surface area contributed by atoms with Crippen LogP contribution in [-0.2, 0) is 14.2 Å².